The number of sulfonamides is 1. The molecule has 0 atom stereocenters. The van der Waals surface area contributed by atoms with Crippen LogP contribution >= 0.6 is 0 Å². The Morgan fingerprint density at radius 1 is 1.20 bits per heavy atom. The van der Waals surface area contributed by atoms with Crippen LogP contribution in [0.4, 0.5) is 0 Å². The average Bonchev–Trinajstić information content (AvgIpc) is 2.72. The maximum Gasteiger partial charge on any atom is 0.244 e. The van der Waals surface area contributed by atoms with Crippen molar-refractivity contribution in [2.24, 2.45) is 0 Å². The summed E-state index contributed by atoms with van der Waals surface area (Å²) in [5, 5.41) is 10.1. The minimum atomic E-state index is -3.47. The second-order valence-corrected chi connectivity index (χ2v) is 7.14. The summed E-state index contributed by atoms with van der Waals surface area (Å²) in [5.74, 6) is 0. The monoisotopic (exact) mass is 300 g/mol. The first kappa shape index (κ1) is 15.5. The third-order valence-electron chi connectivity index (χ3n) is 3.87. The zero-order valence-corrected chi connectivity index (χ0v) is 13.2. The molecule has 0 spiro atoms. The SMILES string of the molecule is CCNC1CCC(NS(=O)(=O)c2c(C)n[nH]c2C)CC1. The fourth-order valence-electron chi connectivity index (χ4n) is 2.92. The molecule has 1 aliphatic rings. The van der Waals surface area contributed by atoms with Crippen molar-refractivity contribution in [1.29, 1.82) is 0 Å². The molecule has 20 heavy (non-hydrogen) atoms. The molecule has 0 aliphatic heterocycles. The molecule has 114 valence electrons. The number of H-pyrrole nitrogens is 1. The van der Waals surface area contributed by atoms with Gasteiger partial charge in [-0.1, -0.05) is 6.92 Å². The van der Waals surface area contributed by atoms with Crippen molar-refractivity contribution in [2.75, 3.05) is 6.54 Å². The van der Waals surface area contributed by atoms with Gasteiger partial charge in [-0.2, -0.15) is 5.10 Å². The standard InChI is InChI=1S/C13H24N4O2S/c1-4-14-11-5-7-12(8-6-11)17-20(18,19)13-9(2)15-16-10(13)3/h11-12,14,17H,4-8H2,1-3H3,(H,15,16). The molecule has 0 radical (unpaired) electrons. The van der Waals surface area contributed by atoms with Crippen LogP contribution < -0.4 is 10.0 Å². The third kappa shape index (κ3) is 3.39. The highest BCUT2D eigenvalue weighted by Crippen LogP contribution is 2.22. The van der Waals surface area contributed by atoms with E-state index in [0.29, 0.717) is 22.3 Å². The molecule has 1 aromatic heterocycles. The van der Waals surface area contributed by atoms with Crippen LogP contribution in [0.1, 0.15) is 44.0 Å². The normalized spacial score (nSPS) is 23.9. The second-order valence-electron chi connectivity index (χ2n) is 5.49. The maximum absolute atomic E-state index is 12.4. The highest BCUT2D eigenvalue weighted by molar-refractivity contribution is 7.89. The molecule has 0 saturated heterocycles. The summed E-state index contributed by atoms with van der Waals surface area (Å²) in [6.45, 7) is 6.50. The largest absolute Gasteiger partial charge is 0.314 e. The van der Waals surface area contributed by atoms with Crippen LogP contribution in [0.25, 0.3) is 0 Å². The van der Waals surface area contributed by atoms with Crippen molar-refractivity contribution >= 4 is 10.0 Å². The Labute approximate surface area is 120 Å². The first-order valence-electron chi connectivity index (χ1n) is 7.21. The van der Waals surface area contributed by atoms with E-state index in [0.717, 1.165) is 32.2 Å². The Balaban J connectivity index is 2.00. The van der Waals surface area contributed by atoms with E-state index in [-0.39, 0.29) is 6.04 Å². The number of hydrogen-bond donors (Lipinski definition) is 3. The van der Waals surface area contributed by atoms with Crippen molar-refractivity contribution in [3.8, 4) is 0 Å². The van der Waals surface area contributed by atoms with Gasteiger partial charge in [0, 0.05) is 12.1 Å². The highest BCUT2D eigenvalue weighted by atomic mass is 32.2. The van der Waals surface area contributed by atoms with E-state index in [2.05, 4.69) is 27.2 Å². The van der Waals surface area contributed by atoms with Crippen LogP contribution in [0.3, 0.4) is 0 Å². The number of hydrogen-bond acceptors (Lipinski definition) is 4. The van der Waals surface area contributed by atoms with Gasteiger partial charge in [-0.05, 0) is 46.1 Å². The molecule has 0 unspecified atom stereocenters. The summed E-state index contributed by atoms with van der Waals surface area (Å²) in [6, 6.07) is 0.557. The molecule has 0 bridgehead atoms. The minimum absolute atomic E-state index is 0.0311. The quantitative estimate of drug-likeness (QED) is 0.763. The first-order valence-corrected chi connectivity index (χ1v) is 8.69. The fraction of sp³-hybridized carbons (Fsp3) is 0.769. The molecule has 3 N–H and O–H groups in total. The van der Waals surface area contributed by atoms with E-state index in [1.807, 2.05) is 0 Å². The Kier molecular flexibility index (Phi) is 4.82. The first-order chi connectivity index (χ1) is 9.44. The van der Waals surface area contributed by atoms with Gasteiger partial charge in [-0.25, -0.2) is 13.1 Å². The molecule has 1 aromatic rings. The molecule has 7 heteroatoms. The second kappa shape index (κ2) is 6.24. The summed E-state index contributed by atoms with van der Waals surface area (Å²) >= 11 is 0. The molecule has 1 heterocycles. The number of nitrogens with zero attached hydrogens (tertiary/aromatic N) is 1. The van der Waals surface area contributed by atoms with Gasteiger partial charge >= 0.3 is 0 Å². The van der Waals surface area contributed by atoms with E-state index in [9.17, 15) is 8.42 Å². The number of rotatable bonds is 5. The van der Waals surface area contributed by atoms with Gasteiger partial charge in [0.05, 0.1) is 11.4 Å². The van der Waals surface area contributed by atoms with E-state index in [1.54, 1.807) is 13.8 Å². The van der Waals surface area contributed by atoms with E-state index >= 15 is 0 Å². The van der Waals surface area contributed by atoms with Gasteiger partial charge in [0.15, 0.2) is 0 Å². The van der Waals surface area contributed by atoms with Crippen LogP contribution in [0, 0.1) is 13.8 Å². The smallest absolute Gasteiger partial charge is 0.244 e. The Hall–Kier alpha value is -0.920. The summed E-state index contributed by atoms with van der Waals surface area (Å²) in [6.07, 6.45) is 3.80. The van der Waals surface area contributed by atoms with E-state index in [1.165, 1.54) is 0 Å². The van der Waals surface area contributed by atoms with Crippen molar-refractivity contribution in [3.05, 3.63) is 11.4 Å². The molecular formula is C13H24N4O2S. The van der Waals surface area contributed by atoms with Gasteiger partial charge in [0.2, 0.25) is 10.0 Å². The Bertz CT molecular complexity index is 525. The lowest BCUT2D eigenvalue weighted by Gasteiger charge is -2.29. The lowest BCUT2D eigenvalue weighted by molar-refractivity contribution is 0.333. The van der Waals surface area contributed by atoms with Gasteiger partial charge < -0.3 is 5.32 Å². The van der Waals surface area contributed by atoms with Crippen molar-refractivity contribution in [3.63, 3.8) is 0 Å². The number of aromatic nitrogens is 2. The maximum atomic E-state index is 12.4. The van der Waals surface area contributed by atoms with Gasteiger partial charge in [-0.15, -0.1) is 0 Å². The lowest BCUT2D eigenvalue weighted by Crippen LogP contribution is -2.42. The number of aromatic amines is 1. The molecule has 1 saturated carbocycles. The summed E-state index contributed by atoms with van der Waals surface area (Å²) < 4.78 is 27.7. The summed E-state index contributed by atoms with van der Waals surface area (Å²) in [5.41, 5.74) is 1.12. The third-order valence-corrected chi connectivity index (χ3v) is 5.65. The van der Waals surface area contributed by atoms with E-state index in [4.69, 9.17) is 0 Å². The molecule has 1 aliphatic carbocycles. The van der Waals surface area contributed by atoms with Crippen molar-refractivity contribution in [1.82, 2.24) is 20.2 Å². The van der Waals surface area contributed by atoms with Crippen LogP contribution in [0.5, 0.6) is 0 Å². The zero-order valence-electron chi connectivity index (χ0n) is 12.4. The molecule has 1 fully saturated rings. The molecular weight excluding hydrogens is 276 g/mol. The predicted octanol–water partition coefficient (Wildman–Crippen LogP) is 1.23. The van der Waals surface area contributed by atoms with Crippen LogP contribution in [0.2, 0.25) is 0 Å². The predicted molar refractivity (Wildman–Crippen MR) is 78.1 cm³/mol. The topological polar surface area (TPSA) is 86.9 Å². The van der Waals surface area contributed by atoms with E-state index < -0.39 is 10.0 Å². The molecule has 2 rings (SSSR count). The van der Waals surface area contributed by atoms with Crippen LogP contribution in [-0.2, 0) is 10.0 Å². The highest BCUT2D eigenvalue weighted by Gasteiger charge is 2.28. The van der Waals surface area contributed by atoms with Crippen molar-refractivity contribution in [2.45, 2.75) is 63.4 Å². The Morgan fingerprint density at radius 3 is 2.30 bits per heavy atom. The molecule has 0 aromatic carbocycles. The molecule has 0 amide bonds. The molecule has 6 nitrogen and oxygen atoms in total. The Morgan fingerprint density at radius 2 is 1.80 bits per heavy atom. The average molecular weight is 300 g/mol. The number of nitrogens with one attached hydrogen (secondary N) is 3. The minimum Gasteiger partial charge on any atom is -0.314 e. The lowest BCUT2D eigenvalue weighted by atomic mass is 9.92. The van der Waals surface area contributed by atoms with Crippen LogP contribution in [0.15, 0.2) is 4.90 Å². The zero-order chi connectivity index (χ0) is 14.8. The van der Waals surface area contributed by atoms with Crippen molar-refractivity contribution < 1.29 is 8.42 Å². The van der Waals surface area contributed by atoms with Gasteiger partial charge in [0.25, 0.3) is 0 Å². The fourth-order valence-corrected chi connectivity index (χ4v) is 4.59. The number of aryl methyl sites for hydroxylation is 2. The summed E-state index contributed by atoms with van der Waals surface area (Å²) in [7, 11) is -3.47. The van der Waals surface area contributed by atoms with Gasteiger partial charge in [0.1, 0.15) is 4.90 Å². The van der Waals surface area contributed by atoms with Gasteiger partial charge in [-0.3, -0.25) is 5.10 Å². The summed E-state index contributed by atoms with van der Waals surface area (Å²) in [4.78, 5) is 0.298. The van der Waals surface area contributed by atoms with Crippen LogP contribution in [-0.4, -0.2) is 37.2 Å².